The van der Waals surface area contributed by atoms with E-state index in [9.17, 15) is 4.79 Å². The molecule has 0 bridgehead atoms. The largest absolute Gasteiger partial charge is 0.449 e. The lowest BCUT2D eigenvalue weighted by Gasteiger charge is -1.93. The SMILES string of the molecule is C=C(N)c1oc(C(N)=O)cc1C. The molecular weight excluding hydrogens is 156 g/mol. The maximum absolute atomic E-state index is 10.6. The quantitative estimate of drug-likeness (QED) is 0.675. The third-order valence-electron chi connectivity index (χ3n) is 1.45. The topological polar surface area (TPSA) is 82.2 Å². The lowest BCUT2D eigenvalue weighted by molar-refractivity contribution is 0.0973. The minimum atomic E-state index is -0.606. The smallest absolute Gasteiger partial charge is 0.284 e. The molecule has 0 atom stereocenters. The molecule has 0 aliphatic heterocycles. The van der Waals surface area contributed by atoms with Gasteiger partial charge in [-0.1, -0.05) is 6.58 Å². The van der Waals surface area contributed by atoms with E-state index in [-0.39, 0.29) is 5.76 Å². The molecule has 0 aliphatic rings. The van der Waals surface area contributed by atoms with E-state index in [0.29, 0.717) is 11.5 Å². The van der Waals surface area contributed by atoms with Gasteiger partial charge in [-0.05, 0) is 18.6 Å². The van der Waals surface area contributed by atoms with Crippen molar-refractivity contribution in [3.05, 3.63) is 29.7 Å². The van der Waals surface area contributed by atoms with Gasteiger partial charge in [0.1, 0.15) is 0 Å². The Hall–Kier alpha value is -1.71. The number of carbonyl (C=O) groups is 1. The van der Waals surface area contributed by atoms with Gasteiger partial charge in [0, 0.05) is 0 Å². The molecule has 1 amide bonds. The summed E-state index contributed by atoms with van der Waals surface area (Å²) in [4.78, 5) is 10.6. The predicted molar refractivity (Wildman–Crippen MR) is 45.2 cm³/mol. The maximum Gasteiger partial charge on any atom is 0.284 e. The van der Waals surface area contributed by atoms with E-state index < -0.39 is 5.91 Å². The van der Waals surface area contributed by atoms with Crippen molar-refractivity contribution in [3.63, 3.8) is 0 Å². The summed E-state index contributed by atoms with van der Waals surface area (Å²) in [5, 5.41) is 0. The number of primary amides is 1. The van der Waals surface area contributed by atoms with Gasteiger partial charge in [-0.3, -0.25) is 4.79 Å². The Balaban J connectivity index is 3.17. The molecule has 12 heavy (non-hydrogen) atoms. The van der Waals surface area contributed by atoms with Gasteiger partial charge in [-0.15, -0.1) is 0 Å². The Labute approximate surface area is 69.8 Å². The Morgan fingerprint density at radius 3 is 2.42 bits per heavy atom. The number of rotatable bonds is 2. The monoisotopic (exact) mass is 166 g/mol. The van der Waals surface area contributed by atoms with Gasteiger partial charge in [0.25, 0.3) is 5.91 Å². The van der Waals surface area contributed by atoms with Crippen LogP contribution in [0.3, 0.4) is 0 Å². The van der Waals surface area contributed by atoms with E-state index >= 15 is 0 Å². The van der Waals surface area contributed by atoms with Crippen molar-refractivity contribution in [2.45, 2.75) is 6.92 Å². The molecule has 0 saturated carbocycles. The summed E-state index contributed by atoms with van der Waals surface area (Å²) < 4.78 is 5.04. The molecule has 0 unspecified atom stereocenters. The number of furan rings is 1. The van der Waals surface area contributed by atoms with Gasteiger partial charge in [-0.2, -0.15) is 0 Å². The minimum Gasteiger partial charge on any atom is -0.449 e. The molecule has 0 radical (unpaired) electrons. The Kier molecular flexibility index (Phi) is 1.91. The minimum absolute atomic E-state index is 0.106. The van der Waals surface area contributed by atoms with E-state index in [2.05, 4.69) is 6.58 Å². The van der Waals surface area contributed by atoms with Gasteiger partial charge >= 0.3 is 0 Å². The Morgan fingerprint density at radius 2 is 2.17 bits per heavy atom. The molecule has 1 aromatic rings. The van der Waals surface area contributed by atoms with Crippen molar-refractivity contribution in [2.24, 2.45) is 11.5 Å². The van der Waals surface area contributed by atoms with Crippen LogP contribution in [-0.2, 0) is 0 Å². The second kappa shape index (κ2) is 2.73. The van der Waals surface area contributed by atoms with E-state index in [1.165, 1.54) is 6.07 Å². The van der Waals surface area contributed by atoms with Crippen LogP contribution in [0.4, 0.5) is 0 Å². The first-order valence-corrected chi connectivity index (χ1v) is 3.37. The second-order valence-corrected chi connectivity index (χ2v) is 2.51. The summed E-state index contributed by atoms with van der Waals surface area (Å²) in [7, 11) is 0. The molecule has 0 saturated heterocycles. The van der Waals surface area contributed by atoms with Gasteiger partial charge in [-0.25, -0.2) is 0 Å². The van der Waals surface area contributed by atoms with E-state index in [0.717, 1.165) is 5.56 Å². The third-order valence-corrected chi connectivity index (χ3v) is 1.45. The molecule has 4 nitrogen and oxygen atoms in total. The number of carbonyl (C=O) groups excluding carboxylic acids is 1. The predicted octanol–water partition coefficient (Wildman–Crippen LogP) is 0.616. The second-order valence-electron chi connectivity index (χ2n) is 2.51. The highest BCUT2D eigenvalue weighted by Gasteiger charge is 2.11. The summed E-state index contributed by atoms with van der Waals surface area (Å²) in [5.41, 5.74) is 11.4. The van der Waals surface area contributed by atoms with Gasteiger partial charge in [0.05, 0.1) is 5.70 Å². The first-order chi connectivity index (χ1) is 5.52. The fourth-order valence-corrected chi connectivity index (χ4v) is 0.922. The molecular formula is C8H10N2O2. The maximum atomic E-state index is 10.6. The fourth-order valence-electron chi connectivity index (χ4n) is 0.922. The zero-order chi connectivity index (χ0) is 9.30. The van der Waals surface area contributed by atoms with Crippen LogP contribution in [0.5, 0.6) is 0 Å². The van der Waals surface area contributed by atoms with Crippen molar-refractivity contribution in [1.29, 1.82) is 0 Å². The van der Waals surface area contributed by atoms with Crippen molar-refractivity contribution in [3.8, 4) is 0 Å². The molecule has 0 aliphatic carbocycles. The molecule has 4 N–H and O–H groups in total. The van der Waals surface area contributed by atoms with Crippen molar-refractivity contribution >= 4 is 11.6 Å². The highest BCUT2D eigenvalue weighted by molar-refractivity contribution is 5.90. The Bertz CT molecular complexity index is 339. The zero-order valence-electron chi connectivity index (χ0n) is 6.76. The number of aryl methyl sites for hydroxylation is 1. The van der Waals surface area contributed by atoms with Crippen molar-refractivity contribution in [2.75, 3.05) is 0 Å². The molecule has 0 aromatic carbocycles. The van der Waals surface area contributed by atoms with Gasteiger partial charge in [0.2, 0.25) is 0 Å². The number of hydrogen-bond donors (Lipinski definition) is 2. The first kappa shape index (κ1) is 8.39. The zero-order valence-corrected chi connectivity index (χ0v) is 6.76. The molecule has 1 rings (SSSR count). The van der Waals surface area contributed by atoms with Crippen LogP contribution >= 0.6 is 0 Å². The standard InChI is InChI=1S/C8H10N2O2/c1-4-3-6(8(10)11)12-7(4)5(2)9/h3H,2,9H2,1H3,(H2,10,11). The molecule has 64 valence electrons. The molecule has 0 fully saturated rings. The molecule has 4 heteroatoms. The summed E-state index contributed by atoms with van der Waals surface area (Å²) in [6.07, 6.45) is 0. The summed E-state index contributed by atoms with van der Waals surface area (Å²) in [6.45, 7) is 5.26. The number of hydrogen-bond acceptors (Lipinski definition) is 3. The first-order valence-electron chi connectivity index (χ1n) is 3.37. The fraction of sp³-hybridized carbons (Fsp3) is 0.125. The Morgan fingerprint density at radius 1 is 1.58 bits per heavy atom. The van der Waals surface area contributed by atoms with Gasteiger partial charge in [0.15, 0.2) is 11.5 Å². The lowest BCUT2D eigenvalue weighted by atomic mass is 10.2. The van der Waals surface area contributed by atoms with Crippen LogP contribution in [0, 0.1) is 6.92 Å². The highest BCUT2D eigenvalue weighted by Crippen LogP contribution is 2.17. The lowest BCUT2D eigenvalue weighted by Crippen LogP contribution is -2.09. The van der Waals surface area contributed by atoms with E-state index in [1.807, 2.05) is 0 Å². The summed E-state index contributed by atoms with van der Waals surface area (Å²) in [5.74, 6) is -0.0801. The van der Waals surface area contributed by atoms with E-state index in [4.69, 9.17) is 15.9 Å². The van der Waals surface area contributed by atoms with Crippen LogP contribution in [0.1, 0.15) is 21.9 Å². The van der Waals surface area contributed by atoms with Crippen molar-refractivity contribution in [1.82, 2.24) is 0 Å². The van der Waals surface area contributed by atoms with Crippen LogP contribution in [0.15, 0.2) is 17.1 Å². The van der Waals surface area contributed by atoms with Crippen LogP contribution in [-0.4, -0.2) is 5.91 Å². The van der Waals surface area contributed by atoms with Crippen LogP contribution < -0.4 is 11.5 Å². The van der Waals surface area contributed by atoms with Crippen LogP contribution in [0.2, 0.25) is 0 Å². The average Bonchev–Trinajstić information content (AvgIpc) is 2.30. The van der Waals surface area contributed by atoms with Crippen molar-refractivity contribution < 1.29 is 9.21 Å². The third kappa shape index (κ3) is 1.32. The summed E-state index contributed by atoms with van der Waals surface area (Å²) >= 11 is 0. The number of nitrogens with two attached hydrogens (primary N) is 2. The average molecular weight is 166 g/mol. The summed E-state index contributed by atoms with van der Waals surface area (Å²) in [6, 6.07) is 1.54. The number of amides is 1. The van der Waals surface area contributed by atoms with Crippen LogP contribution in [0.25, 0.3) is 5.70 Å². The molecule has 0 spiro atoms. The van der Waals surface area contributed by atoms with Gasteiger partial charge < -0.3 is 15.9 Å². The molecule has 1 heterocycles. The molecule has 1 aromatic heterocycles. The highest BCUT2D eigenvalue weighted by atomic mass is 16.4. The normalized spacial score (nSPS) is 9.75. The van der Waals surface area contributed by atoms with E-state index in [1.54, 1.807) is 6.92 Å².